The van der Waals surface area contributed by atoms with E-state index >= 15 is 0 Å². The quantitative estimate of drug-likeness (QED) is 0.499. The van der Waals surface area contributed by atoms with Crippen LogP contribution in [0, 0.1) is 0 Å². The van der Waals surface area contributed by atoms with Crippen LogP contribution < -0.4 is 16.1 Å². The smallest absolute Gasteiger partial charge is 0.292 e. The van der Waals surface area contributed by atoms with Gasteiger partial charge in [-0.05, 0) is 56.7 Å². The fraction of sp³-hybridized carbons (Fsp3) is 0.375. The van der Waals surface area contributed by atoms with Crippen molar-refractivity contribution >= 4 is 39.1 Å². The van der Waals surface area contributed by atoms with Crippen LogP contribution in [0.1, 0.15) is 57.5 Å². The van der Waals surface area contributed by atoms with Crippen molar-refractivity contribution in [1.29, 1.82) is 0 Å². The number of anilines is 1. The van der Waals surface area contributed by atoms with E-state index < -0.39 is 5.91 Å². The molecule has 1 aromatic carbocycles. The average Bonchev–Trinajstić information content (AvgIpc) is 3.16. The average molecular weight is 455 g/mol. The van der Waals surface area contributed by atoms with E-state index in [0.717, 1.165) is 42.5 Å². The summed E-state index contributed by atoms with van der Waals surface area (Å²) >= 11 is 1.43. The van der Waals surface area contributed by atoms with E-state index in [9.17, 15) is 14.4 Å². The zero-order valence-corrected chi connectivity index (χ0v) is 18.8. The lowest BCUT2D eigenvalue weighted by molar-refractivity contribution is 0.0944. The largest absolute Gasteiger partial charge is 0.451 e. The molecule has 1 aliphatic carbocycles. The molecule has 0 atom stereocenters. The van der Waals surface area contributed by atoms with Gasteiger partial charge in [0.05, 0.1) is 10.9 Å². The molecule has 32 heavy (non-hydrogen) atoms. The van der Waals surface area contributed by atoms with Crippen LogP contribution in [0.15, 0.2) is 39.5 Å². The zero-order valence-electron chi connectivity index (χ0n) is 18.0. The second kappa shape index (κ2) is 10.1. The molecular weight excluding hydrogens is 428 g/mol. The van der Waals surface area contributed by atoms with Crippen molar-refractivity contribution in [2.75, 3.05) is 25.1 Å². The number of hydrogen-bond acceptors (Lipinski definition) is 6. The Bertz CT molecular complexity index is 1200. The second-order valence-corrected chi connectivity index (χ2v) is 8.75. The molecule has 2 N–H and O–H groups in total. The van der Waals surface area contributed by atoms with E-state index in [-0.39, 0.29) is 17.1 Å². The molecule has 1 aliphatic rings. The highest BCUT2D eigenvalue weighted by Crippen LogP contribution is 2.38. The van der Waals surface area contributed by atoms with Crippen molar-refractivity contribution in [1.82, 2.24) is 5.32 Å². The third-order valence-electron chi connectivity index (χ3n) is 5.44. The maximum absolute atomic E-state index is 13.0. The van der Waals surface area contributed by atoms with Crippen LogP contribution in [0.5, 0.6) is 0 Å². The predicted molar refractivity (Wildman–Crippen MR) is 125 cm³/mol. The number of benzene rings is 1. The third kappa shape index (κ3) is 4.76. The van der Waals surface area contributed by atoms with Crippen LogP contribution in [0.25, 0.3) is 11.0 Å². The van der Waals surface area contributed by atoms with Gasteiger partial charge in [0.25, 0.3) is 11.8 Å². The Balaban J connectivity index is 1.58. The number of hydrogen-bond donors (Lipinski definition) is 2. The highest BCUT2D eigenvalue weighted by Gasteiger charge is 2.27. The van der Waals surface area contributed by atoms with E-state index in [1.807, 2.05) is 6.92 Å². The lowest BCUT2D eigenvalue weighted by Crippen LogP contribution is -2.27. The number of fused-ring (bicyclic) bond motifs is 2. The number of para-hydroxylation sites is 1. The molecule has 0 fully saturated rings. The van der Waals surface area contributed by atoms with Crippen molar-refractivity contribution in [3.63, 3.8) is 0 Å². The number of rotatable bonds is 8. The molecule has 7 nitrogen and oxygen atoms in total. The van der Waals surface area contributed by atoms with Gasteiger partial charge in [0, 0.05) is 30.7 Å². The predicted octanol–water partition coefficient (Wildman–Crippen LogP) is 4.14. The number of nitrogens with one attached hydrogen (secondary N) is 2. The summed E-state index contributed by atoms with van der Waals surface area (Å²) in [6, 6.07) is 7.99. The molecule has 2 amide bonds. The van der Waals surface area contributed by atoms with Gasteiger partial charge in [-0.25, -0.2) is 0 Å². The molecule has 0 radical (unpaired) electrons. The summed E-state index contributed by atoms with van der Waals surface area (Å²) in [5.41, 5.74) is 1.61. The number of ether oxygens (including phenoxy) is 1. The summed E-state index contributed by atoms with van der Waals surface area (Å²) in [7, 11) is 0. The van der Waals surface area contributed by atoms with E-state index in [2.05, 4.69) is 10.6 Å². The van der Waals surface area contributed by atoms with Gasteiger partial charge < -0.3 is 19.8 Å². The Hall–Kier alpha value is -2.97. The van der Waals surface area contributed by atoms with Gasteiger partial charge in [-0.15, -0.1) is 11.3 Å². The van der Waals surface area contributed by atoms with Crippen LogP contribution in [-0.2, 0) is 17.6 Å². The number of thiophene rings is 1. The van der Waals surface area contributed by atoms with Crippen molar-refractivity contribution in [3.05, 3.63) is 62.3 Å². The van der Waals surface area contributed by atoms with E-state index in [4.69, 9.17) is 9.15 Å². The lowest BCUT2D eigenvalue weighted by atomic mass is 9.95. The van der Waals surface area contributed by atoms with E-state index in [0.29, 0.717) is 41.3 Å². The third-order valence-corrected chi connectivity index (χ3v) is 6.65. The first-order valence-corrected chi connectivity index (χ1v) is 11.7. The second-order valence-electron chi connectivity index (χ2n) is 7.65. The van der Waals surface area contributed by atoms with E-state index in [1.165, 1.54) is 17.4 Å². The van der Waals surface area contributed by atoms with Gasteiger partial charge in [0.1, 0.15) is 10.6 Å². The monoisotopic (exact) mass is 454 g/mol. The minimum absolute atomic E-state index is 0.0804. The first kappa shape index (κ1) is 22.2. The molecule has 3 aromatic rings. The molecule has 0 saturated carbocycles. The van der Waals surface area contributed by atoms with Crippen LogP contribution in [0.2, 0.25) is 0 Å². The molecule has 2 heterocycles. The summed E-state index contributed by atoms with van der Waals surface area (Å²) in [5, 5.41) is 6.69. The molecule has 0 bridgehead atoms. The SMILES string of the molecule is CCOCCCNC(=O)c1c(NC(=O)c2cc(=O)c3ccccc3o2)sc2c1CCCC2. The molecule has 2 aromatic heterocycles. The summed E-state index contributed by atoms with van der Waals surface area (Å²) in [6.45, 7) is 3.66. The van der Waals surface area contributed by atoms with Crippen molar-refractivity contribution in [2.45, 2.75) is 39.0 Å². The molecule has 0 spiro atoms. The Morgan fingerprint density at radius 3 is 2.81 bits per heavy atom. The van der Waals surface area contributed by atoms with Gasteiger partial charge in [0.15, 0.2) is 11.2 Å². The van der Waals surface area contributed by atoms with Crippen molar-refractivity contribution < 1.29 is 18.7 Å². The van der Waals surface area contributed by atoms with Gasteiger partial charge in [0.2, 0.25) is 0 Å². The fourth-order valence-corrected chi connectivity index (χ4v) is 5.17. The Kier molecular flexibility index (Phi) is 7.02. The number of aryl methyl sites for hydroxylation is 1. The van der Waals surface area contributed by atoms with Gasteiger partial charge >= 0.3 is 0 Å². The summed E-state index contributed by atoms with van der Waals surface area (Å²) < 4.78 is 11.0. The van der Waals surface area contributed by atoms with Crippen molar-refractivity contribution in [2.24, 2.45) is 0 Å². The van der Waals surface area contributed by atoms with Gasteiger partial charge in [-0.2, -0.15) is 0 Å². The van der Waals surface area contributed by atoms with Gasteiger partial charge in [-0.3, -0.25) is 14.4 Å². The fourth-order valence-electron chi connectivity index (χ4n) is 3.88. The zero-order chi connectivity index (χ0) is 22.5. The minimum Gasteiger partial charge on any atom is -0.451 e. The van der Waals surface area contributed by atoms with Crippen molar-refractivity contribution in [3.8, 4) is 0 Å². The normalized spacial score (nSPS) is 13.0. The Morgan fingerprint density at radius 2 is 1.97 bits per heavy atom. The Labute approximate surface area is 189 Å². The number of carbonyl (C=O) groups is 2. The molecule has 8 heteroatoms. The maximum Gasteiger partial charge on any atom is 0.292 e. The summed E-state index contributed by atoms with van der Waals surface area (Å²) in [5.74, 6) is -0.823. The molecular formula is C24H26N2O5S. The molecule has 0 saturated heterocycles. The first-order chi connectivity index (χ1) is 15.6. The molecule has 4 rings (SSSR count). The molecule has 168 valence electrons. The van der Waals surface area contributed by atoms with Gasteiger partial charge in [-0.1, -0.05) is 12.1 Å². The topological polar surface area (TPSA) is 97.6 Å². The number of amides is 2. The van der Waals surface area contributed by atoms with Crippen LogP contribution in [0.3, 0.4) is 0 Å². The summed E-state index contributed by atoms with van der Waals surface area (Å²) in [6.07, 6.45) is 4.51. The minimum atomic E-state index is -0.545. The van der Waals surface area contributed by atoms with Crippen LogP contribution >= 0.6 is 11.3 Å². The standard InChI is InChI=1S/C24H26N2O5S/c1-2-30-13-7-12-25-23(29)21-16-9-4-6-11-20(16)32-24(21)26-22(28)19-14-17(27)15-8-3-5-10-18(15)31-19/h3,5,8,10,14H,2,4,6-7,9,11-13H2,1H3,(H,25,29)(H,26,28). The van der Waals surface area contributed by atoms with E-state index in [1.54, 1.807) is 24.3 Å². The molecule has 0 unspecified atom stereocenters. The highest BCUT2D eigenvalue weighted by molar-refractivity contribution is 7.17. The maximum atomic E-state index is 13.0. The lowest BCUT2D eigenvalue weighted by Gasteiger charge is -2.13. The molecule has 0 aliphatic heterocycles. The number of carbonyl (C=O) groups excluding carboxylic acids is 2. The highest BCUT2D eigenvalue weighted by atomic mass is 32.1. The summed E-state index contributed by atoms with van der Waals surface area (Å²) in [4.78, 5) is 39.5. The van der Waals surface area contributed by atoms with Crippen LogP contribution in [0.4, 0.5) is 5.00 Å². The van der Waals surface area contributed by atoms with Crippen LogP contribution in [-0.4, -0.2) is 31.6 Å². The first-order valence-electron chi connectivity index (χ1n) is 10.9. The Morgan fingerprint density at radius 1 is 1.16 bits per heavy atom.